The SMILES string of the molecule is Cc1ccc(-c2c(C)ccc3c2oc2c(-c4ccc([Si](C)(C)C)cc4)cc(C#N)cc23)[n+](C)c1. The van der Waals surface area contributed by atoms with Gasteiger partial charge in [-0.25, -0.2) is 4.57 Å². The van der Waals surface area contributed by atoms with Crippen molar-refractivity contribution in [3.63, 3.8) is 0 Å². The van der Waals surface area contributed by atoms with E-state index in [2.05, 4.69) is 106 Å². The van der Waals surface area contributed by atoms with Gasteiger partial charge in [-0.15, -0.1) is 0 Å². The number of aryl methyl sites for hydroxylation is 3. The van der Waals surface area contributed by atoms with Gasteiger partial charge < -0.3 is 4.42 Å². The van der Waals surface area contributed by atoms with Gasteiger partial charge in [-0.1, -0.05) is 61.2 Å². The Hall–Kier alpha value is -3.68. The maximum Gasteiger partial charge on any atom is 0.216 e. The second-order valence-electron chi connectivity index (χ2n) is 10.3. The summed E-state index contributed by atoms with van der Waals surface area (Å²) in [5, 5.41) is 13.2. The van der Waals surface area contributed by atoms with Gasteiger partial charge in [0.05, 0.1) is 25.3 Å². The molecule has 2 heterocycles. The summed E-state index contributed by atoms with van der Waals surface area (Å²) in [6, 6.07) is 23.6. The number of hydrogen-bond donors (Lipinski definition) is 0. The van der Waals surface area contributed by atoms with Crippen molar-refractivity contribution < 1.29 is 8.98 Å². The zero-order valence-electron chi connectivity index (χ0n) is 20.7. The molecule has 0 unspecified atom stereocenters. The first-order valence-electron chi connectivity index (χ1n) is 11.6. The van der Waals surface area contributed by atoms with Gasteiger partial charge in [-0.05, 0) is 43.2 Å². The molecular weight excluding hydrogens is 432 g/mol. The number of nitriles is 1. The van der Waals surface area contributed by atoms with Crippen LogP contribution in [0.2, 0.25) is 19.6 Å². The van der Waals surface area contributed by atoms with E-state index < -0.39 is 8.07 Å². The number of benzene rings is 3. The minimum Gasteiger partial charge on any atom is -0.454 e. The highest BCUT2D eigenvalue weighted by molar-refractivity contribution is 6.88. The number of fused-ring (bicyclic) bond motifs is 3. The van der Waals surface area contributed by atoms with Crippen molar-refractivity contribution in [1.29, 1.82) is 5.26 Å². The molecule has 0 radical (unpaired) electrons. The van der Waals surface area contributed by atoms with Gasteiger partial charge in [0.25, 0.3) is 0 Å². The Morgan fingerprint density at radius 3 is 2.24 bits per heavy atom. The van der Waals surface area contributed by atoms with Crippen LogP contribution in [-0.4, -0.2) is 8.07 Å². The molecule has 2 aromatic heterocycles. The molecule has 0 bridgehead atoms. The Bertz CT molecular complexity index is 1610. The molecule has 3 aromatic carbocycles. The van der Waals surface area contributed by atoms with E-state index in [-0.39, 0.29) is 0 Å². The molecule has 0 aliphatic heterocycles. The Kier molecular flexibility index (Phi) is 5.19. The van der Waals surface area contributed by atoms with E-state index in [4.69, 9.17) is 4.42 Å². The average Bonchev–Trinajstić information content (AvgIpc) is 3.17. The fourth-order valence-corrected chi connectivity index (χ4v) is 5.96. The van der Waals surface area contributed by atoms with Crippen molar-refractivity contribution in [3.8, 4) is 28.5 Å². The second kappa shape index (κ2) is 7.97. The Morgan fingerprint density at radius 2 is 1.59 bits per heavy atom. The molecule has 3 nitrogen and oxygen atoms in total. The van der Waals surface area contributed by atoms with E-state index in [0.717, 1.165) is 49.9 Å². The molecule has 168 valence electrons. The van der Waals surface area contributed by atoms with Crippen LogP contribution < -0.4 is 9.75 Å². The molecule has 0 saturated heterocycles. The minimum absolute atomic E-state index is 0.641. The van der Waals surface area contributed by atoms with Gasteiger partial charge in [0.2, 0.25) is 5.69 Å². The number of rotatable bonds is 3. The molecule has 0 atom stereocenters. The van der Waals surface area contributed by atoms with Crippen LogP contribution in [0.25, 0.3) is 44.3 Å². The average molecular weight is 462 g/mol. The number of pyridine rings is 1. The normalized spacial score (nSPS) is 11.8. The Morgan fingerprint density at radius 1 is 0.853 bits per heavy atom. The van der Waals surface area contributed by atoms with E-state index in [1.54, 1.807) is 0 Å². The summed E-state index contributed by atoms with van der Waals surface area (Å²) in [6.07, 6.45) is 2.13. The van der Waals surface area contributed by atoms with Crippen LogP contribution in [0.5, 0.6) is 0 Å². The van der Waals surface area contributed by atoms with Gasteiger partial charge in [0, 0.05) is 28.0 Å². The highest BCUT2D eigenvalue weighted by atomic mass is 28.3. The van der Waals surface area contributed by atoms with Gasteiger partial charge in [-0.3, -0.25) is 0 Å². The van der Waals surface area contributed by atoms with Crippen LogP contribution in [0, 0.1) is 25.2 Å². The number of aromatic nitrogens is 1. The molecular formula is C30H29N2OSi+. The van der Waals surface area contributed by atoms with Crippen LogP contribution >= 0.6 is 0 Å². The Labute approximate surface area is 201 Å². The molecule has 0 N–H and O–H groups in total. The van der Waals surface area contributed by atoms with Crippen molar-refractivity contribution in [2.75, 3.05) is 0 Å². The lowest BCUT2D eigenvalue weighted by molar-refractivity contribution is -0.660. The molecule has 0 saturated carbocycles. The highest BCUT2D eigenvalue weighted by Gasteiger charge is 2.23. The molecule has 0 aliphatic rings. The first kappa shape index (κ1) is 22.1. The summed E-state index contributed by atoms with van der Waals surface area (Å²) in [6.45, 7) is 11.3. The maximum absolute atomic E-state index is 9.79. The molecule has 0 spiro atoms. The number of furan rings is 1. The third-order valence-corrected chi connectivity index (χ3v) is 8.74. The molecule has 0 aliphatic carbocycles. The molecule has 34 heavy (non-hydrogen) atoms. The third kappa shape index (κ3) is 3.63. The number of nitrogens with zero attached hydrogens (tertiary/aromatic N) is 2. The van der Waals surface area contributed by atoms with Gasteiger partial charge in [0.15, 0.2) is 6.20 Å². The van der Waals surface area contributed by atoms with Crippen LogP contribution in [-0.2, 0) is 7.05 Å². The minimum atomic E-state index is -1.39. The third-order valence-electron chi connectivity index (χ3n) is 6.68. The van der Waals surface area contributed by atoms with E-state index >= 15 is 0 Å². The lowest BCUT2D eigenvalue weighted by Gasteiger charge is -2.16. The van der Waals surface area contributed by atoms with E-state index in [0.29, 0.717) is 5.56 Å². The predicted molar refractivity (Wildman–Crippen MR) is 143 cm³/mol. The zero-order valence-corrected chi connectivity index (χ0v) is 21.7. The molecule has 4 heteroatoms. The van der Waals surface area contributed by atoms with Gasteiger partial charge in [0.1, 0.15) is 18.2 Å². The summed E-state index contributed by atoms with van der Waals surface area (Å²) in [5.41, 5.74) is 8.94. The fraction of sp³-hybridized carbons (Fsp3) is 0.200. The smallest absolute Gasteiger partial charge is 0.216 e. The molecule has 0 amide bonds. The summed E-state index contributed by atoms with van der Waals surface area (Å²) < 4.78 is 8.83. The first-order valence-corrected chi connectivity index (χ1v) is 15.1. The van der Waals surface area contributed by atoms with Crippen LogP contribution in [0.1, 0.15) is 16.7 Å². The summed E-state index contributed by atoms with van der Waals surface area (Å²) in [5.74, 6) is 0. The lowest BCUT2D eigenvalue weighted by Crippen LogP contribution is -2.37. The van der Waals surface area contributed by atoms with Crippen LogP contribution in [0.4, 0.5) is 0 Å². The van der Waals surface area contributed by atoms with E-state index in [9.17, 15) is 5.26 Å². The van der Waals surface area contributed by atoms with Gasteiger partial charge >= 0.3 is 0 Å². The molecule has 5 rings (SSSR count). The maximum atomic E-state index is 9.79. The van der Waals surface area contributed by atoms with Crippen molar-refractivity contribution in [1.82, 2.24) is 0 Å². The van der Waals surface area contributed by atoms with Gasteiger partial charge in [-0.2, -0.15) is 5.26 Å². The van der Waals surface area contributed by atoms with Crippen molar-refractivity contribution in [2.24, 2.45) is 7.05 Å². The topological polar surface area (TPSA) is 40.8 Å². The molecule has 0 fully saturated rings. The van der Waals surface area contributed by atoms with Crippen molar-refractivity contribution in [3.05, 3.63) is 83.6 Å². The fourth-order valence-electron chi connectivity index (χ4n) is 4.79. The predicted octanol–water partition coefficient (Wildman–Crippen LogP) is 6.78. The van der Waals surface area contributed by atoms with Crippen LogP contribution in [0.3, 0.4) is 0 Å². The Balaban J connectivity index is 1.82. The van der Waals surface area contributed by atoms with Crippen molar-refractivity contribution in [2.45, 2.75) is 33.5 Å². The number of hydrogen-bond acceptors (Lipinski definition) is 2. The quantitative estimate of drug-likeness (QED) is 0.219. The standard InChI is InChI=1S/C30H29N2OSi/c1-19-7-14-27(32(3)18-19)28-20(2)8-13-24-26-16-21(17-31)15-25(29(26)33-30(24)28)22-9-11-23(12-10-22)34(4,5)6/h7-16,18H,1-6H3/q+1. The van der Waals surface area contributed by atoms with E-state index in [1.165, 1.54) is 10.8 Å². The van der Waals surface area contributed by atoms with Crippen LogP contribution in [0.15, 0.2) is 71.3 Å². The second-order valence-corrected chi connectivity index (χ2v) is 15.4. The summed E-state index contributed by atoms with van der Waals surface area (Å²) in [4.78, 5) is 0. The highest BCUT2D eigenvalue weighted by Crippen LogP contribution is 2.41. The molecule has 5 aromatic rings. The first-order chi connectivity index (χ1) is 16.2. The zero-order chi connectivity index (χ0) is 24.2. The summed E-state index contributed by atoms with van der Waals surface area (Å²) in [7, 11) is 0.678. The van der Waals surface area contributed by atoms with Crippen molar-refractivity contribution >= 4 is 35.2 Å². The van der Waals surface area contributed by atoms with E-state index in [1.807, 2.05) is 12.1 Å². The summed E-state index contributed by atoms with van der Waals surface area (Å²) >= 11 is 0. The monoisotopic (exact) mass is 461 g/mol. The largest absolute Gasteiger partial charge is 0.454 e. The lowest BCUT2D eigenvalue weighted by atomic mass is 9.97.